The number of halogens is 3. The summed E-state index contributed by atoms with van der Waals surface area (Å²) in [7, 11) is 0. The first-order chi connectivity index (χ1) is 7.56. The quantitative estimate of drug-likeness (QED) is 0.648. The zero-order chi connectivity index (χ0) is 12.1. The van der Waals surface area contributed by atoms with Gasteiger partial charge in [0.2, 0.25) is 0 Å². The van der Waals surface area contributed by atoms with Gasteiger partial charge in [-0.25, -0.2) is 8.78 Å². The van der Waals surface area contributed by atoms with Gasteiger partial charge in [0, 0.05) is 18.7 Å². The molecule has 88 valence electrons. The molecule has 0 aliphatic heterocycles. The SMILES string of the molecule is CCNC(=S)NCc1c(F)ccc(F)c1Cl. The Kier molecular flexibility index (Phi) is 4.89. The number of rotatable bonds is 3. The summed E-state index contributed by atoms with van der Waals surface area (Å²) in [5.74, 6) is -1.20. The summed E-state index contributed by atoms with van der Waals surface area (Å²) in [6.07, 6.45) is 0. The molecule has 0 saturated heterocycles. The molecule has 0 amide bonds. The third kappa shape index (κ3) is 3.28. The van der Waals surface area contributed by atoms with E-state index in [-0.39, 0.29) is 17.1 Å². The number of thiocarbonyl (C=S) groups is 1. The summed E-state index contributed by atoms with van der Waals surface area (Å²) < 4.78 is 26.4. The highest BCUT2D eigenvalue weighted by atomic mass is 35.5. The van der Waals surface area contributed by atoms with Crippen LogP contribution >= 0.6 is 23.8 Å². The molecule has 0 heterocycles. The summed E-state index contributed by atoms with van der Waals surface area (Å²) in [5, 5.41) is 5.73. The van der Waals surface area contributed by atoms with Gasteiger partial charge in [0.25, 0.3) is 0 Å². The topological polar surface area (TPSA) is 24.1 Å². The second-order valence-corrected chi connectivity index (χ2v) is 3.82. The summed E-state index contributed by atoms with van der Waals surface area (Å²) in [5.41, 5.74) is 0.0712. The summed E-state index contributed by atoms with van der Waals surface area (Å²) in [4.78, 5) is 0. The van der Waals surface area contributed by atoms with Gasteiger partial charge in [0.05, 0.1) is 5.02 Å². The molecule has 0 aromatic heterocycles. The average Bonchev–Trinajstić information content (AvgIpc) is 2.24. The van der Waals surface area contributed by atoms with Crippen molar-refractivity contribution in [3.05, 3.63) is 34.4 Å². The van der Waals surface area contributed by atoms with E-state index >= 15 is 0 Å². The predicted molar refractivity (Wildman–Crippen MR) is 64.5 cm³/mol. The zero-order valence-electron chi connectivity index (χ0n) is 8.61. The minimum absolute atomic E-state index is 0.0499. The highest BCUT2D eigenvalue weighted by Gasteiger charge is 2.11. The second-order valence-electron chi connectivity index (χ2n) is 3.03. The first kappa shape index (κ1) is 13.1. The molecule has 0 bridgehead atoms. The Bertz CT molecular complexity index is 399. The van der Waals surface area contributed by atoms with Gasteiger partial charge < -0.3 is 10.6 Å². The van der Waals surface area contributed by atoms with Crippen molar-refractivity contribution in [1.82, 2.24) is 10.6 Å². The van der Waals surface area contributed by atoms with Crippen LogP contribution < -0.4 is 10.6 Å². The maximum Gasteiger partial charge on any atom is 0.166 e. The second kappa shape index (κ2) is 5.96. The van der Waals surface area contributed by atoms with Gasteiger partial charge in [-0.1, -0.05) is 11.6 Å². The lowest BCUT2D eigenvalue weighted by Gasteiger charge is -2.10. The lowest BCUT2D eigenvalue weighted by atomic mass is 10.2. The molecule has 0 aliphatic carbocycles. The van der Waals surface area contributed by atoms with E-state index in [4.69, 9.17) is 23.8 Å². The highest BCUT2D eigenvalue weighted by Crippen LogP contribution is 2.22. The van der Waals surface area contributed by atoms with Crippen molar-refractivity contribution < 1.29 is 8.78 Å². The first-order valence-corrected chi connectivity index (χ1v) is 5.49. The predicted octanol–water partition coefficient (Wildman–Crippen LogP) is 2.60. The van der Waals surface area contributed by atoms with Crippen LogP contribution in [0.1, 0.15) is 12.5 Å². The number of hydrogen-bond donors (Lipinski definition) is 2. The van der Waals surface area contributed by atoms with Gasteiger partial charge in [-0.05, 0) is 31.3 Å². The third-order valence-electron chi connectivity index (χ3n) is 1.90. The molecular weight excluding hydrogens is 254 g/mol. The number of nitrogens with one attached hydrogen (secondary N) is 2. The van der Waals surface area contributed by atoms with E-state index in [0.717, 1.165) is 12.1 Å². The standard InChI is InChI=1S/C10H11ClF2N2S/c1-2-14-10(16)15-5-6-7(12)3-4-8(13)9(6)11/h3-4H,2,5H2,1H3,(H2,14,15,16). The normalized spacial score (nSPS) is 10.0. The van der Waals surface area contributed by atoms with Crippen LogP contribution in [0.25, 0.3) is 0 Å². The average molecular weight is 265 g/mol. The summed E-state index contributed by atoms with van der Waals surface area (Å²) in [6.45, 7) is 2.59. The molecule has 2 N–H and O–H groups in total. The van der Waals surface area contributed by atoms with Crippen LogP contribution in [0.3, 0.4) is 0 Å². The monoisotopic (exact) mass is 264 g/mol. The molecule has 0 atom stereocenters. The molecule has 16 heavy (non-hydrogen) atoms. The Morgan fingerprint density at radius 3 is 2.56 bits per heavy atom. The Morgan fingerprint density at radius 2 is 1.94 bits per heavy atom. The van der Waals surface area contributed by atoms with Crippen molar-refractivity contribution in [3.8, 4) is 0 Å². The van der Waals surface area contributed by atoms with E-state index in [0.29, 0.717) is 11.7 Å². The molecular formula is C10H11ClF2N2S. The van der Waals surface area contributed by atoms with Crippen molar-refractivity contribution >= 4 is 28.9 Å². The molecule has 0 radical (unpaired) electrons. The summed E-state index contributed by atoms with van der Waals surface area (Å²) in [6, 6.07) is 2.03. The molecule has 0 aliphatic rings. The van der Waals surface area contributed by atoms with E-state index in [1.807, 2.05) is 6.92 Å². The molecule has 0 saturated carbocycles. The van der Waals surface area contributed by atoms with Gasteiger partial charge in [-0.3, -0.25) is 0 Å². The Labute approximate surface area is 103 Å². The van der Waals surface area contributed by atoms with Crippen LogP contribution in [0.4, 0.5) is 8.78 Å². The lowest BCUT2D eigenvalue weighted by molar-refractivity contribution is 0.582. The molecule has 1 aromatic rings. The minimum atomic E-state index is -0.644. The van der Waals surface area contributed by atoms with Crippen molar-refractivity contribution in [1.29, 1.82) is 0 Å². The maximum atomic E-state index is 13.3. The van der Waals surface area contributed by atoms with Crippen LogP contribution in [0.5, 0.6) is 0 Å². The fraction of sp³-hybridized carbons (Fsp3) is 0.300. The molecule has 0 spiro atoms. The van der Waals surface area contributed by atoms with E-state index in [9.17, 15) is 8.78 Å². The van der Waals surface area contributed by atoms with Gasteiger partial charge in [-0.2, -0.15) is 0 Å². The molecule has 1 rings (SSSR count). The van der Waals surface area contributed by atoms with Gasteiger partial charge >= 0.3 is 0 Å². The van der Waals surface area contributed by atoms with Gasteiger partial charge in [0.15, 0.2) is 5.11 Å². The molecule has 0 fully saturated rings. The third-order valence-corrected chi connectivity index (χ3v) is 2.60. The fourth-order valence-corrected chi connectivity index (χ4v) is 1.56. The van der Waals surface area contributed by atoms with E-state index in [1.54, 1.807) is 0 Å². The molecule has 2 nitrogen and oxygen atoms in total. The van der Waals surface area contributed by atoms with Crippen LogP contribution in [-0.4, -0.2) is 11.7 Å². The van der Waals surface area contributed by atoms with E-state index in [2.05, 4.69) is 10.6 Å². The van der Waals surface area contributed by atoms with Crippen molar-refractivity contribution in [2.24, 2.45) is 0 Å². The fourth-order valence-electron chi connectivity index (χ4n) is 1.12. The molecule has 1 aromatic carbocycles. The van der Waals surface area contributed by atoms with Crippen LogP contribution in [0, 0.1) is 11.6 Å². The Morgan fingerprint density at radius 1 is 1.31 bits per heavy atom. The highest BCUT2D eigenvalue weighted by molar-refractivity contribution is 7.80. The number of hydrogen-bond acceptors (Lipinski definition) is 1. The Balaban J connectivity index is 2.74. The van der Waals surface area contributed by atoms with Crippen LogP contribution in [0.2, 0.25) is 5.02 Å². The summed E-state index contributed by atoms with van der Waals surface area (Å²) >= 11 is 10.5. The van der Waals surface area contributed by atoms with Crippen LogP contribution in [0.15, 0.2) is 12.1 Å². The first-order valence-electron chi connectivity index (χ1n) is 4.70. The lowest BCUT2D eigenvalue weighted by Crippen LogP contribution is -2.34. The van der Waals surface area contributed by atoms with E-state index < -0.39 is 11.6 Å². The number of benzene rings is 1. The van der Waals surface area contributed by atoms with Gasteiger partial charge in [0.1, 0.15) is 11.6 Å². The minimum Gasteiger partial charge on any atom is -0.363 e. The zero-order valence-corrected chi connectivity index (χ0v) is 10.2. The van der Waals surface area contributed by atoms with Crippen molar-refractivity contribution in [2.75, 3.05) is 6.54 Å². The maximum absolute atomic E-state index is 13.3. The van der Waals surface area contributed by atoms with Crippen molar-refractivity contribution in [3.63, 3.8) is 0 Å². The van der Waals surface area contributed by atoms with E-state index in [1.165, 1.54) is 0 Å². The van der Waals surface area contributed by atoms with Crippen LogP contribution in [-0.2, 0) is 6.54 Å². The largest absolute Gasteiger partial charge is 0.363 e. The Hall–Kier alpha value is -0.940. The van der Waals surface area contributed by atoms with Gasteiger partial charge in [-0.15, -0.1) is 0 Å². The smallest absolute Gasteiger partial charge is 0.166 e. The molecule has 0 unspecified atom stereocenters. The van der Waals surface area contributed by atoms with Crippen molar-refractivity contribution in [2.45, 2.75) is 13.5 Å². The molecule has 6 heteroatoms.